The molecular weight excluding hydrogens is 624 g/mol. The van der Waals surface area contributed by atoms with Crippen molar-refractivity contribution in [3.05, 3.63) is 24.3 Å². The van der Waals surface area contributed by atoms with Crippen LogP contribution >= 0.6 is 0 Å². The highest BCUT2D eigenvalue weighted by Crippen LogP contribution is 2.52. The number of nitrogens with one attached hydrogen (secondary N) is 4. The zero-order valence-corrected chi connectivity index (χ0v) is 29.5. The summed E-state index contributed by atoms with van der Waals surface area (Å²) < 4.78 is 0. The maximum atomic E-state index is 14.7. The normalized spacial score (nSPS) is 25.7. The van der Waals surface area contributed by atoms with Crippen molar-refractivity contribution in [2.24, 2.45) is 35.0 Å². The van der Waals surface area contributed by atoms with Gasteiger partial charge in [0, 0.05) is 24.4 Å². The topological polar surface area (TPSA) is 176 Å². The number of Topliss-reactive ketones (excluding diaryl/α,β-unsaturated/α-hetero) is 2. The van der Waals surface area contributed by atoms with Crippen molar-refractivity contribution < 1.29 is 28.8 Å². The summed E-state index contributed by atoms with van der Waals surface area (Å²) >= 11 is 0. The van der Waals surface area contributed by atoms with Crippen LogP contribution in [0, 0.1) is 35.0 Å². The van der Waals surface area contributed by atoms with Crippen LogP contribution in [0.2, 0.25) is 0 Å². The van der Waals surface area contributed by atoms with Crippen LogP contribution < -0.4 is 21.3 Å². The number of fused-ring (bicyclic) bond motifs is 1. The summed E-state index contributed by atoms with van der Waals surface area (Å²) in [7, 11) is 0. The van der Waals surface area contributed by atoms with Gasteiger partial charge in [0.15, 0.2) is 5.78 Å². The Labute approximate surface area is 289 Å². The van der Waals surface area contributed by atoms with E-state index in [0.29, 0.717) is 19.3 Å². The second kappa shape index (κ2) is 15.9. The SMILES string of the molecule is CCC[C@H](NC(=O)[C@H]1C(C(=O)[C@H](NC(=O)[C@@H](NC(=O)c2cnccn2)C2CCCCC2)C(C)(C)C)C[C@@H]2CCC[C@@H]21)C(=O)C(=O)NC1CC1. The molecular formula is C37H54N6O6. The second-order valence-corrected chi connectivity index (χ2v) is 15.8. The molecule has 4 N–H and O–H groups in total. The van der Waals surface area contributed by atoms with Crippen LogP contribution in [0.3, 0.4) is 0 Å². The van der Waals surface area contributed by atoms with Crippen LogP contribution in [0.15, 0.2) is 18.6 Å². The highest BCUT2D eigenvalue weighted by atomic mass is 16.2. The predicted octanol–water partition coefficient (Wildman–Crippen LogP) is 3.44. The fraction of sp³-hybridized carbons (Fsp3) is 0.730. The van der Waals surface area contributed by atoms with E-state index in [1.165, 1.54) is 18.6 Å². The molecule has 1 unspecified atom stereocenters. The third-order valence-electron chi connectivity index (χ3n) is 11.1. The molecule has 268 valence electrons. The highest BCUT2D eigenvalue weighted by Gasteiger charge is 2.54. The first-order chi connectivity index (χ1) is 23.4. The number of carbonyl (C=O) groups excluding carboxylic acids is 6. The van der Waals surface area contributed by atoms with Crippen LogP contribution in [-0.4, -0.2) is 69.3 Å². The Morgan fingerprint density at radius 2 is 1.61 bits per heavy atom. The van der Waals surface area contributed by atoms with Gasteiger partial charge in [-0.2, -0.15) is 0 Å². The van der Waals surface area contributed by atoms with E-state index in [1.54, 1.807) is 0 Å². The molecule has 4 fully saturated rings. The van der Waals surface area contributed by atoms with Gasteiger partial charge in [-0.15, -0.1) is 0 Å². The Hall–Kier alpha value is -3.70. The fourth-order valence-electron chi connectivity index (χ4n) is 8.40. The Morgan fingerprint density at radius 1 is 0.878 bits per heavy atom. The van der Waals surface area contributed by atoms with E-state index in [1.807, 2.05) is 27.7 Å². The summed E-state index contributed by atoms with van der Waals surface area (Å²) in [5.41, 5.74) is -0.588. The second-order valence-electron chi connectivity index (χ2n) is 15.8. The van der Waals surface area contributed by atoms with Gasteiger partial charge in [0.2, 0.25) is 17.6 Å². The number of ketones is 2. The van der Waals surface area contributed by atoms with Crippen molar-refractivity contribution in [2.75, 3.05) is 0 Å². The smallest absolute Gasteiger partial charge is 0.289 e. The van der Waals surface area contributed by atoms with Gasteiger partial charge >= 0.3 is 0 Å². The fourth-order valence-corrected chi connectivity index (χ4v) is 8.40. The lowest BCUT2D eigenvalue weighted by molar-refractivity contribution is -0.142. The van der Waals surface area contributed by atoms with E-state index in [2.05, 4.69) is 31.2 Å². The monoisotopic (exact) mass is 678 g/mol. The van der Waals surface area contributed by atoms with Gasteiger partial charge in [0.1, 0.15) is 11.7 Å². The lowest BCUT2D eigenvalue weighted by Crippen LogP contribution is -2.59. The van der Waals surface area contributed by atoms with Crippen LogP contribution in [0.25, 0.3) is 0 Å². The first kappa shape index (κ1) is 36.6. The van der Waals surface area contributed by atoms with Crippen molar-refractivity contribution in [2.45, 2.75) is 135 Å². The Morgan fingerprint density at radius 3 is 2.24 bits per heavy atom. The van der Waals surface area contributed by atoms with Gasteiger partial charge in [-0.05, 0) is 68.1 Å². The summed E-state index contributed by atoms with van der Waals surface area (Å²) in [5.74, 6) is -4.05. The number of carbonyl (C=O) groups is 6. The molecule has 4 saturated carbocycles. The summed E-state index contributed by atoms with van der Waals surface area (Å²) in [6.07, 6.45) is 14.6. The predicted molar refractivity (Wildman–Crippen MR) is 182 cm³/mol. The summed E-state index contributed by atoms with van der Waals surface area (Å²) in [6, 6.07) is -2.72. The molecule has 0 saturated heterocycles. The quantitative estimate of drug-likeness (QED) is 0.216. The molecule has 0 bridgehead atoms. The third kappa shape index (κ3) is 8.91. The molecule has 0 spiro atoms. The van der Waals surface area contributed by atoms with Crippen molar-refractivity contribution in [1.82, 2.24) is 31.2 Å². The number of hydrogen-bond donors (Lipinski definition) is 4. The molecule has 1 aromatic heterocycles. The molecule has 1 heterocycles. The first-order valence-electron chi connectivity index (χ1n) is 18.4. The van der Waals surface area contributed by atoms with E-state index in [-0.39, 0.29) is 41.2 Å². The van der Waals surface area contributed by atoms with Gasteiger partial charge in [-0.1, -0.05) is 66.2 Å². The van der Waals surface area contributed by atoms with E-state index in [4.69, 9.17) is 0 Å². The molecule has 0 aliphatic heterocycles. The van der Waals surface area contributed by atoms with E-state index >= 15 is 0 Å². The molecule has 1 aromatic rings. The van der Waals surface area contributed by atoms with Gasteiger partial charge in [0.05, 0.1) is 24.2 Å². The van der Waals surface area contributed by atoms with Gasteiger partial charge in [-0.3, -0.25) is 33.8 Å². The highest BCUT2D eigenvalue weighted by molar-refractivity contribution is 6.38. The third-order valence-corrected chi connectivity index (χ3v) is 11.1. The molecule has 0 radical (unpaired) electrons. The molecule has 7 atom stereocenters. The minimum absolute atomic E-state index is 0.0100. The Kier molecular flexibility index (Phi) is 11.9. The molecule has 12 nitrogen and oxygen atoms in total. The average molecular weight is 679 g/mol. The van der Waals surface area contributed by atoms with Gasteiger partial charge in [0.25, 0.3) is 11.8 Å². The van der Waals surface area contributed by atoms with E-state index in [9.17, 15) is 28.8 Å². The lowest BCUT2D eigenvalue weighted by Gasteiger charge is -2.37. The standard InChI is InChI=1S/C37H54N6O6/c1-5-10-26(31(45)36(49)40-23-15-16-23)41-34(47)28-24-14-9-13-22(24)19-25(28)30(44)32(37(2,3)4)43-35(48)29(21-11-7-6-8-12-21)42-33(46)27-20-38-17-18-39-27/h17-18,20-26,28-29,32H,5-16,19H2,1-4H3,(H,40,49)(H,41,47)(H,42,46)(H,43,48)/t22-,24-,25?,26-,28+,29-,32-/m0/s1. The number of amides is 4. The maximum absolute atomic E-state index is 14.7. The zero-order chi connectivity index (χ0) is 35.3. The van der Waals surface area contributed by atoms with Crippen LogP contribution in [-0.2, 0) is 24.0 Å². The number of rotatable bonds is 14. The average Bonchev–Trinajstić information content (AvgIpc) is 3.65. The number of hydrogen-bond acceptors (Lipinski definition) is 8. The Bertz CT molecular complexity index is 1390. The molecule has 5 rings (SSSR count). The molecule has 4 aliphatic rings. The molecule has 4 amide bonds. The van der Waals surface area contributed by atoms with E-state index in [0.717, 1.165) is 64.2 Å². The van der Waals surface area contributed by atoms with Crippen molar-refractivity contribution >= 4 is 35.2 Å². The van der Waals surface area contributed by atoms with Crippen LogP contribution in [0.4, 0.5) is 0 Å². The summed E-state index contributed by atoms with van der Waals surface area (Å²) in [6.45, 7) is 7.57. The minimum Gasteiger partial charge on any atom is -0.347 e. The largest absolute Gasteiger partial charge is 0.347 e. The first-order valence-corrected chi connectivity index (χ1v) is 18.4. The minimum atomic E-state index is -0.959. The van der Waals surface area contributed by atoms with Gasteiger partial charge < -0.3 is 21.3 Å². The molecule has 0 aromatic carbocycles. The van der Waals surface area contributed by atoms with Crippen LogP contribution in [0.5, 0.6) is 0 Å². The number of nitrogens with zero attached hydrogens (tertiary/aromatic N) is 2. The molecule has 4 aliphatic carbocycles. The maximum Gasteiger partial charge on any atom is 0.289 e. The molecule has 49 heavy (non-hydrogen) atoms. The summed E-state index contributed by atoms with van der Waals surface area (Å²) in [5, 5.41) is 11.6. The van der Waals surface area contributed by atoms with Crippen molar-refractivity contribution in [1.29, 1.82) is 0 Å². The lowest BCUT2D eigenvalue weighted by atomic mass is 9.75. The molecule has 12 heteroatoms. The number of aromatic nitrogens is 2. The Balaban J connectivity index is 1.36. The van der Waals surface area contributed by atoms with Crippen LogP contribution in [0.1, 0.15) is 122 Å². The van der Waals surface area contributed by atoms with Crippen molar-refractivity contribution in [3.8, 4) is 0 Å². The van der Waals surface area contributed by atoms with E-state index < -0.39 is 58.9 Å². The zero-order valence-electron chi connectivity index (χ0n) is 29.5. The van der Waals surface area contributed by atoms with Crippen molar-refractivity contribution in [3.63, 3.8) is 0 Å². The van der Waals surface area contributed by atoms with Gasteiger partial charge in [-0.25, -0.2) is 4.98 Å². The summed E-state index contributed by atoms with van der Waals surface area (Å²) in [4.78, 5) is 90.0.